The van der Waals surface area contributed by atoms with Crippen LogP contribution in [-0.4, -0.2) is 24.7 Å². The molecular weight excluding hydrogens is 302 g/mol. The topological polar surface area (TPSA) is 67.2 Å². The average Bonchev–Trinajstić information content (AvgIpc) is 2.60. The molecule has 0 radical (unpaired) electrons. The van der Waals surface area contributed by atoms with Gasteiger partial charge in [-0.1, -0.05) is 26.0 Å². The molecule has 0 unspecified atom stereocenters. The molecule has 0 fully saturated rings. The monoisotopic (exact) mass is 323 g/mol. The SMILES string of the molecule is Cc1ccc(NCC(C)(C)c2ccc3c(c2)OCCO3)nc1C#N. The van der Waals surface area contributed by atoms with Crippen LogP contribution in [0.2, 0.25) is 0 Å². The first-order valence-corrected chi connectivity index (χ1v) is 8.01. The van der Waals surface area contributed by atoms with Crippen LogP contribution in [0.5, 0.6) is 11.5 Å². The molecule has 0 spiro atoms. The minimum absolute atomic E-state index is 0.130. The number of rotatable bonds is 4. The van der Waals surface area contributed by atoms with Crippen molar-refractivity contribution in [2.24, 2.45) is 0 Å². The second kappa shape index (κ2) is 6.40. The Balaban J connectivity index is 1.75. The molecule has 0 saturated carbocycles. The van der Waals surface area contributed by atoms with Gasteiger partial charge in [-0.05, 0) is 36.2 Å². The second-order valence-electron chi connectivity index (χ2n) is 6.57. The van der Waals surface area contributed by atoms with Crippen LogP contribution in [0.3, 0.4) is 0 Å². The van der Waals surface area contributed by atoms with Crippen LogP contribution in [0.25, 0.3) is 0 Å². The highest BCUT2D eigenvalue weighted by molar-refractivity contribution is 5.47. The predicted octanol–water partition coefficient (Wildman–Crippen LogP) is 3.42. The summed E-state index contributed by atoms with van der Waals surface area (Å²) >= 11 is 0. The number of anilines is 1. The highest BCUT2D eigenvalue weighted by Crippen LogP contribution is 2.35. The number of nitrogens with zero attached hydrogens (tertiary/aromatic N) is 2. The van der Waals surface area contributed by atoms with E-state index in [0.717, 1.165) is 22.6 Å². The summed E-state index contributed by atoms with van der Waals surface area (Å²) in [6.45, 7) is 8.06. The molecule has 3 rings (SSSR count). The lowest BCUT2D eigenvalue weighted by atomic mass is 9.84. The average molecular weight is 323 g/mol. The standard InChI is InChI=1S/C19H21N3O2/c1-13-4-7-18(22-15(13)11-20)21-12-19(2,3)14-5-6-16-17(10-14)24-9-8-23-16/h4-7,10H,8-9,12H2,1-3H3,(H,21,22). The molecule has 0 amide bonds. The molecule has 124 valence electrons. The smallest absolute Gasteiger partial charge is 0.161 e. The molecule has 1 N–H and O–H groups in total. The van der Waals surface area contributed by atoms with Crippen molar-refractivity contribution in [2.45, 2.75) is 26.2 Å². The number of pyridine rings is 1. The van der Waals surface area contributed by atoms with Gasteiger partial charge in [0.05, 0.1) is 0 Å². The number of hydrogen-bond acceptors (Lipinski definition) is 5. The first-order valence-electron chi connectivity index (χ1n) is 8.01. The number of aromatic nitrogens is 1. The van der Waals surface area contributed by atoms with Gasteiger partial charge in [0.15, 0.2) is 11.5 Å². The molecule has 0 bridgehead atoms. The van der Waals surface area contributed by atoms with E-state index in [1.165, 1.54) is 0 Å². The summed E-state index contributed by atoms with van der Waals surface area (Å²) in [6.07, 6.45) is 0. The van der Waals surface area contributed by atoms with Crippen molar-refractivity contribution >= 4 is 5.82 Å². The van der Waals surface area contributed by atoms with Crippen LogP contribution < -0.4 is 14.8 Å². The fourth-order valence-electron chi connectivity index (χ4n) is 2.62. The van der Waals surface area contributed by atoms with E-state index >= 15 is 0 Å². The summed E-state index contributed by atoms with van der Waals surface area (Å²) in [6, 6.07) is 12.0. The Morgan fingerprint density at radius 3 is 2.67 bits per heavy atom. The van der Waals surface area contributed by atoms with Gasteiger partial charge in [0.1, 0.15) is 30.8 Å². The lowest BCUT2D eigenvalue weighted by molar-refractivity contribution is 0.171. The summed E-state index contributed by atoms with van der Waals surface area (Å²) in [5.41, 5.74) is 2.37. The Morgan fingerprint density at radius 2 is 1.92 bits per heavy atom. The number of hydrogen-bond donors (Lipinski definition) is 1. The minimum Gasteiger partial charge on any atom is -0.486 e. The molecule has 5 heteroatoms. The number of nitrogens with one attached hydrogen (secondary N) is 1. The molecule has 2 heterocycles. The summed E-state index contributed by atoms with van der Waals surface area (Å²) in [7, 11) is 0. The lowest BCUT2D eigenvalue weighted by Crippen LogP contribution is -2.28. The van der Waals surface area contributed by atoms with Crippen LogP contribution in [0.15, 0.2) is 30.3 Å². The van der Waals surface area contributed by atoms with Crippen LogP contribution >= 0.6 is 0 Å². The van der Waals surface area contributed by atoms with Crippen LogP contribution in [0, 0.1) is 18.3 Å². The fraction of sp³-hybridized carbons (Fsp3) is 0.368. The zero-order chi connectivity index (χ0) is 17.2. The van der Waals surface area contributed by atoms with Gasteiger partial charge in [0.25, 0.3) is 0 Å². The maximum Gasteiger partial charge on any atom is 0.161 e. The van der Waals surface area contributed by atoms with Crippen molar-refractivity contribution in [1.82, 2.24) is 4.98 Å². The molecule has 1 aliphatic heterocycles. The minimum atomic E-state index is -0.130. The number of aryl methyl sites for hydroxylation is 1. The number of fused-ring (bicyclic) bond motifs is 1. The van der Waals surface area contributed by atoms with E-state index < -0.39 is 0 Å². The van der Waals surface area contributed by atoms with E-state index in [1.54, 1.807) is 0 Å². The molecule has 24 heavy (non-hydrogen) atoms. The van der Waals surface area contributed by atoms with Gasteiger partial charge < -0.3 is 14.8 Å². The first kappa shape index (κ1) is 16.1. The second-order valence-corrected chi connectivity index (χ2v) is 6.57. The van der Waals surface area contributed by atoms with Gasteiger partial charge in [-0.25, -0.2) is 4.98 Å². The normalized spacial score (nSPS) is 13.2. The van der Waals surface area contributed by atoms with Crippen molar-refractivity contribution in [1.29, 1.82) is 5.26 Å². The summed E-state index contributed by atoms with van der Waals surface area (Å²) < 4.78 is 11.2. The van der Waals surface area contributed by atoms with E-state index in [2.05, 4.69) is 36.3 Å². The number of benzene rings is 1. The Bertz CT molecular complexity index is 794. The van der Waals surface area contributed by atoms with Gasteiger partial charge in [-0.15, -0.1) is 0 Å². The molecule has 0 atom stereocenters. The van der Waals surface area contributed by atoms with E-state index in [4.69, 9.17) is 14.7 Å². The molecule has 0 aliphatic carbocycles. The quantitative estimate of drug-likeness (QED) is 0.934. The van der Waals surface area contributed by atoms with E-state index in [1.807, 2.05) is 31.2 Å². The molecule has 1 aromatic carbocycles. The Hall–Kier alpha value is -2.74. The van der Waals surface area contributed by atoms with Crippen molar-refractivity contribution in [3.63, 3.8) is 0 Å². The zero-order valence-corrected chi connectivity index (χ0v) is 14.2. The lowest BCUT2D eigenvalue weighted by Gasteiger charge is -2.28. The van der Waals surface area contributed by atoms with Crippen molar-refractivity contribution < 1.29 is 9.47 Å². The van der Waals surface area contributed by atoms with Gasteiger partial charge >= 0.3 is 0 Å². The Labute approximate surface area is 142 Å². The molecule has 2 aromatic rings. The van der Waals surface area contributed by atoms with Gasteiger partial charge in [-0.3, -0.25) is 0 Å². The van der Waals surface area contributed by atoms with E-state index in [9.17, 15) is 0 Å². The number of ether oxygens (including phenoxy) is 2. The maximum atomic E-state index is 9.10. The van der Waals surface area contributed by atoms with E-state index in [0.29, 0.717) is 31.3 Å². The van der Waals surface area contributed by atoms with Crippen LogP contribution in [0.1, 0.15) is 30.7 Å². The van der Waals surface area contributed by atoms with Crippen molar-refractivity contribution in [3.8, 4) is 17.6 Å². The molecule has 0 saturated heterocycles. The zero-order valence-electron chi connectivity index (χ0n) is 14.2. The maximum absolute atomic E-state index is 9.10. The Kier molecular flexibility index (Phi) is 4.30. The number of nitriles is 1. The fourth-order valence-corrected chi connectivity index (χ4v) is 2.62. The molecule has 5 nitrogen and oxygen atoms in total. The van der Waals surface area contributed by atoms with Crippen LogP contribution in [0.4, 0.5) is 5.82 Å². The van der Waals surface area contributed by atoms with Crippen molar-refractivity contribution in [3.05, 3.63) is 47.2 Å². The summed E-state index contributed by atoms with van der Waals surface area (Å²) in [5, 5.41) is 12.4. The highest BCUT2D eigenvalue weighted by Gasteiger charge is 2.23. The summed E-state index contributed by atoms with van der Waals surface area (Å²) in [5.74, 6) is 2.31. The first-order chi connectivity index (χ1) is 11.5. The highest BCUT2D eigenvalue weighted by atomic mass is 16.6. The summed E-state index contributed by atoms with van der Waals surface area (Å²) in [4.78, 5) is 4.34. The molecule has 1 aromatic heterocycles. The van der Waals surface area contributed by atoms with Crippen molar-refractivity contribution in [2.75, 3.05) is 25.1 Å². The Morgan fingerprint density at radius 1 is 1.17 bits per heavy atom. The molecular formula is C19H21N3O2. The third kappa shape index (κ3) is 3.28. The third-order valence-corrected chi connectivity index (χ3v) is 4.24. The predicted molar refractivity (Wildman–Crippen MR) is 92.6 cm³/mol. The third-order valence-electron chi connectivity index (χ3n) is 4.24. The van der Waals surface area contributed by atoms with Gasteiger partial charge in [0, 0.05) is 12.0 Å². The van der Waals surface area contributed by atoms with Gasteiger partial charge in [-0.2, -0.15) is 5.26 Å². The molecule has 1 aliphatic rings. The van der Waals surface area contributed by atoms with Crippen LogP contribution in [-0.2, 0) is 5.41 Å². The largest absolute Gasteiger partial charge is 0.486 e. The van der Waals surface area contributed by atoms with Gasteiger partial charge in [0.2, 0.25) is 0 Å². The van der Waals surface area contributed by atoms with E-state index in [-0.39, 0.29) is 5.41 Å².